The molecule has 1 aromatic carbocycles. The average molecular weight is 305 g/mol. The summed E-state index contributed by atoms with van der Waals surface area (Å²) in [5.74, 6) is 0. The van der Waals surface area contributed by atoms with Crippen LogP contribution in [0.1, 0.15) is 30.4 Å². The lowest BCUT2D eigenvalue weighted by Crippen LogP contribution is -2.37. The number of benzene rings is 1. The Morgan fingerprint density at radius 3 is 2.76 bits per heavy atom. The first-order valence-corrected chi connectivity index (χ1v) is 8.75. The molecule has 1 unspecified atom stereocenters. The Morgan fingerprint density at radius 2 is 2.10 bits per heavy atom. The van der Waals surface area contributed by atoms with Gasteiger partial charge in [-0.15, -0.1) is 0 Å². The Bertz CT molecular complexity index is 689. The third-order valence-corrected chi connectivity index (χ3v) is 5.87. The number of nitrogens with one attached hydrogen (secondary N) is 1. The van der Waals surface area contributed by atoms with Crippen molar-refractivity contribution >= 4 is 10.0 Å². The molecular weight excluding hydrogens is 286 g/mol. The number of likely N-dealkylation sites (tertiary alicyclic amines) is 1. The molecule has 6 heteroatoms. The Kier molecular flexibility index (Phi) is 3.74. The summed E-state index contributed by atoms with van der Waals surface area (Å²) in [7, 11) is -3.56. The van der Waals surface area contributed by atoms with Gasteiger partial charge in [0.2, 0.25) is 10.0 Å². The molecule has 0 spiro atoms. The predicted octanol–water partition coefficient (Wildman–Crippen LogP) is 1.38. The van der Waals surface area contributed by atoms with E-state index in [0.717, 1.165) is 19.5 Å². The maximum atomic E-state index is 12.5. The van der Waals surface area contributed by atoms with Crippen LogP contribution in [-0.2, 0) is 10.0 Å². The molecule has 1 saturated carbocycles. The normalized spacial score (nSPS) is 23.1. The van der Waals surface area contributed by atoms with Crippen LogP contribution in [0.3, 0.4) is 0 Å². The van der Waals surface area contributed by atoms with E-state index in [2.05, 4.69) is 9.62 Å². The van der Waals surface area contributed by atoms with Crippen LogP contribution in [0, 0.1) is 18.3 Å². The van der Waals surface area contributed by atoms with E-state index in [1.165, 1.54) is 18.9 Å². The van der Waals surface area contributed by atoms with E-state index in [0.29, 0.717) is 17.2 Å². The molecule has 0 aromatic heterocycles. The first-order chi connectivity index (χ1) is 9.99. The molecule has 1 aliphatic carbocycles. The van der Waals surface area contributed by atoms with E-state index >= 15 is 0 Å². The number of aryl methyl sites for hydroxylation is 1. The molecule has 1 saturated heterocycles. The van der Waals surface area contributed by atoms with Crippen molar-refractivity contribution in [2.24, 2.45) is 0 Å². The van der Waals surface area contributed by atoms with Crippen molar-refractivity contribution in [1.82, 2.24) is 9.62 Å². The number of rotatable bonds is 4. The lowest BCUT2D eigenvalue weighted by molar-refractivity contribution is 0.322. The molecule has 2 aliphatic rings. The zero-order valence-electron chi connectivity index (χ0n) is 12.0. The van der Waals surface area contributed by atoms with Crippen molar-refractivity contribution in [3.8, 4) is 6.07 Å². The largest absolute Gasteiger partial charge is 0.299 e. The van der Waals surface area contributed by atoms with Crippen molar-refractivity contribution in [2.45, 2.75) is 43.2 Å². The van der Waals surface area contributed by atoms with Crippen LogP contribution < -0.4 is 4.72 Å². The number of hydrogen-bond acceptors (Lipinski definition) is 4. The van der Waals surface area contributed by atoms with Crippen molar-refractivity contribution in [3.63, 3.8) is 0 Å². The Morgan fingerprint density at radius 1 is 1.33 bits per heavy atom. The summed E-state index contributed by atoms with van der Waals surface area (Å²) in [6, 6.07) is 7.40. The second-order valence-corrected chi connectivity index (χ2v) is 7.61. The van der Waals surface area contributed by atoms with Crippen LogP contribution in [0.5, 0.6) is 0 Å². The molecule has 1 N–H and O–H groups in total. The van der Waals surface area contributed by atoms with Crippen LogP contribution in [0.15, 0.2) is 23.1 Å². The number of nitriles is 1. The van der Waals surface area contributed by atoms with Gasteiger partial charge in [-0.25, -0.2) is 13.1 Å². The summed E-state index contributed by atoms with van der Waals surface area (Å²) in [5, 5.41) is 8.93. The summed E-state index contributed by atoms with van der Waals surface area (Å²) in [4.78, 5) is 2.58. The molecule has 3 rings (SSSR count). The maximum absolute atomic E-state index is 12.5. The van der Waals surface area contributed by atoms with Gasteiger partial charge >= 0.3 is 0 Å². The third-order valence-electron chi connectivity index (χ3n) is 4.21. The molecule has 1 aromatic rings. The second kappa shape index (κ2) is 5.41. The van der Waals surface area contributed by atoms with Gasteiger partial charge in [-0.3, -0.25) is 4.90 Å². The van der Waals surface area contributed by atoms with Gasteiger partial charge in [0.15, 0.2) is 0 Å². The summed E-state index contributed by atoms with van der Waals surface area (Å²) in [5.41, 5.74) is 1.03. The SMILES string of the molecule is Cc1ccc(C#N)cc1S(=O)(=O)NC1CCN(C2CC2)C1. The third kappa shape index (κ3) is 3.10. The molecule has 0 bridgehead atoms. The smallest absolute Gasteiger partial charge is 0.241 e. The fraction of sp³-hybridized carbons (Fsp3) is 0.533. The molecule has 5 nitrogen and oxygen atoms in total. The fourth-order valence-corrected chi connectivity index (χ4v) is 4.43. The molecule has 21 heavy (non-hydrogen) atoms. The van der Waals surface area contributed by atoms with E-state index in [1.54, 1.807) is 19.1 Å². The van der Waals surface area contributed by atoms with E-state index in [4.69, 9.17) is 5.26 Å². The van der Waals surface area contributed by atoms with E-state index in [-0.39, 0.29) is 10.9 Å². The Balaban J connectivity index is 1.76. The zero-order valence-corrected chi connectivity index (χ0v) is 12.9. The number of hydrogen-bond donors (Lipinski definition) is 1. The topological polar surface area (TPSA) is 73.2 Å². The summed E-state index contributed by atoms with van der Waals surface area (Å²) in [6.45, 7) is 3.51. The fourth-order valence-electron chi connectivity index (χ4n) is 2.90. The number of sulfonamides is 1. The van der Waals surface area contributed by atoms with Gasteiger partial charge in [0, 0.05) is 25.2 Å². The van der Waals surface area contributed by atoms with Gasteiger partial charge in [0.25, 0.3) is 0 Å². The lowest BCUT2D eigenvalue weighted by atomic mass is 10.2. The second-order valence-electron chi connectivity index (χ2n) is 5.93. The van der Waals surface area contributed by atoms with Crippen molar-refractivity contribution in [3.05, 3.63) is 29.3 Å². The molecule has 1 atom stereocenters. The first-order valence-electron chi connectivity index (χ1n) is 7.27. The molecular formula is C15H19N3O2S. The standard InChI is InChI=1S/C15H19N3O2S/c1-11-2-3-12(9-16)8-15(11)21(19,20)17-13-6-7-18(10-13)14-4-5-14/h2-3,8,13-14,17H,4-7,10H2,1H3. The van der Waals surface area contributed by atoms with Gasteiger partial charge < -0.3 is 0 Å². The van der Waals surface area contributed by atoms with Gasteiger partial charge in [0.05, 0.1) is 16.5 Å². The van der Waals surface area contributed by atoms with Crippen molar-refractivity contribution < 1.29 is 8.42 Å². The van der Waals surface area contributed by atoms with Gasteiger partial charge in [0.1, 0.15) is 0 Å². The van der Waals surface area contributed by atoms with Gasteiger partial charge in [-0.1, -0.05) is 6.07 Å². The molecule has 1 heterocycles. The molecule has 0 radical (unpaired) electrons. The van der Waals surface area contributed by atoms with Crippen LogP contribution in [0.2, 0.25) is 0 Å². The monoisotopic (exact) mass is 305 g/mol. The van der Waals surface area contributed by atoms with Crippen LogP contribution >= 0.6 is 0 Å². The Labute approximate surface area is 125 Å². The quantitative estimate of drug-likeness (QED) is 0.912. The van der Waals surface area contributed by atoms with E-state index in [9.17, 15) is 8.42 Å². The number of nitrogens with zero attached hydrogens (tertiary/aromatic N) is 2. The molecule has 1 aliphatic heterocycles. The lowest BCUT2D eigenvalue weighted by Gasteiger charge is -2.16. The van der Waals surface area contributed by atoms with E-state index < -0.39 is 10.0 Å². The van der Waals surface area contributed by atoms with Crippen molar-refractivity contribution in [2.75, 3.05) is 13.1 Å². The molecule has 0 amide bonds. The van der Waals surface area contributed by atoms with Crippen LogP contribution in [0.25, 0.3) is 0 Å². The molecule has 112 valence electrons. The summed E-state index contributed by atoms with van der Waals surface area (Å²) < 4.78 is 27.9. The highest BCUT2D eigenvalue weighted by Gasteiger charge is 2.36. The highest BCUT2D eigenvalue weighted by molar-refractivity contribution is 7.89. The highest BCUT2D eigenvalue weighted by atomic mass is 32.2. The highest BCUT2D eigenvalue weighted by Crippen LogP contribution is 2.30. The van der Waals surface area contributed by atoms with Crippen LogP contribution in [-0.4, -0.2) is 38.5 Å². The Hall–Kier alpha value is -1.42. The minimum atomic E-state index is -3.56. The maximum Gasteiger partial charge on any atom is 0.241 e. The summed E-state index contributed by atoms with van der Waals surface area (Å²) in [6.07, 6.45) is 3.33. The van der Waals surface area contributed by atoms with E-state index in [1.807, 2.05) is 6.07 Å². The predicted molar refractivity (Wildman–Crippen MR) is 79.2 cm³/mol. The minimum absolute atomic E-state index is 0.0271. The first kappa shape index (κ1) is 14.5. The minimum Gasteiger partial charge on any atom is -0.299 e. The van der Waals surface area contributed by atoms with Crippen LogP contribution in [0.4, 0.5) is 0 Å². The van der Waals surface area contributed by atoms with Gasteiger partial charge in [-0.05, 0) is 43.9 Å². The summed E-state index contributed by atoms with van der Waals surface area (Å²) >= 11 is 0. The average Bonchev–Trinajstić information content (AvgIpc) is 3.20. The molecule has 2 fully saturated rings. The van der Waals surface area contributed by atoms with Gasteiger partial charge in [-0.2, -0.15) is 5.26 Å². The zero-order chi connectivity index (χ0) is 15.0. The van der Waals surface area contributed by atoms with Crippen molar-refractivity contribution in [1.29, 1.82) is 5.26 Å².